The van der Waals surface area contributed by atoms with Crippen molar-refractivity contribution in [2.75, 3.05) is 6.61 Å². The molecular weight excluding hydrogens is 566 g/mol. The van der Waals surface area contributed by atoms with Crippen molar-refractivity contribution in [1.29, 1.82) is 0 Å². The molecular formula is C30H36ClN3O8. The van der Waals surface area contributed by atoms with Gasteiger partial charge in [0.1, 0.15) is 6.61 Å². The Labute approximate surface area is 248 Å². The van der Waals surface area contributed by atoms with E-state index in [2.05, 4.69) is 17.5 Å². The van der Waals surface area contributed by atoms with Gasteiger partial charge in [-0.1, -0.05) is 18.5 Å². The Hall–Kier alpha value is -2.86. The zero-order valence-electron chi connectivity index (χ0n) is 23.4. The summed E-state index contributed by atoms with van der Waals surface area (Å²) in [5, 5.41) is 50.4. The average molecular weight is 602 g/mol. The second-order valence-electron chi connectivity index (χ2n) is 13.1. The van der Waals surface area contributed by atoms with Gasteiger partial charge in [-0.05, 0) is 80.8 Å². The van der Waals surface area contributed by atoms with Gasteiger partial charge in [0.15, 0.2) is 0 Å². The van der Waals surface area contributed by atoms with Crippen LogP contribution < -0.4 is 5.43 Å². The quantitative estimate of drug-likeness (QED) is 0.171. The molecule has 0 saturated heterocycles. The van der Waals surface area contributed by atoms with Crippen molar-refractivity contribution >= 4 is 35.4 Å². The second-order valence-corrected chi connectivity index (χ2v) is 13.5. The molecule has 6 rings (SSSR count). The molecule has 0 spiro atoms. The SMILES string of the molecule is CC12CCC3C(CCC4(O)CC(O)CCC34C=NNC(=O)c3ccc([N+](=O)[O-])cc3Cl)C1(O)CCC2C1=CC(=O)OC1. The van der Waals surface area contributed by atoms with Crippen molar-refractivity contribution in [3.8, 4) is 0 Å². The third-order valence-electron chi connectivity index (χ3n) is 11.5. The van der Waals surface area contributed by atoms with Crippen LogP contribution >= 0.6 is 11.6 Å². The van der Waals surface area contributed by atoms with Crippen LogP contribution in [0.3, 0.4) is 0 Å². The molecule has 12 heteroatoms. The summed E-state index contributed by atoms with van der Waals surface area (Å²) in [5.41, 5.74) is -0.454. The number of halogens is 1. The molecule has 8 unspecified atom stereocenters. The Morgan fingerprint density at radius 2 is 1.93 bits per heavy atom. The first-order valence-electron chi connectivity index (χ1n) is 14.6. The first-order valence-corrected chi connectivity index (χ1v) is 15.0. The van der Waals surface area contributed by atoms with Gasteiger partial charge < -0.3 is 20.1 Å². The number of esters is 1. The van der Waals surface area contributed by atoms with Crippen molar-refractivity contribution in [2.45, 2.75) is 82.0 Å². The summed E-state index contributed by atoms with van der Waals surface area (Å²) in [4.78, 5) is 35.2. The molecule has 1 amide bonds. The number of aliphatic hydroxyl groups is 3. The largest absolute Gasteiger partial charge is 0.458 e. The molecule has 0 radical (unpaired) electrons. The second kappa shape index (κ2) is 10.1. The maximum Gasteiger partial charge on any atom is 0.331 e. The van der Waals surface area contributed by atoms with Gasteiger partial charge in [-0.2, -0.15) is 5.10 Å². The van der Waals surface area contributed by atoms with Crippen molar-refractivity contribution in [3.05, 3.63) is 50.5 Å². The van der Waals surface area contributed by atoms with E-state index < -0.39 is 39.0 Å². The number of carbonyl (C=O) groups is 2. The van der Waals surface area contributed by atoms with E-state index >= 15 is 0 Å². The van der Waals surface area contributed by atoms with E-state index in [4.69, 9.17) is 16.3 Å². The summed E-state index contributed by atoms with van der Waals surface area (Å²) in [7, 11) is 0. The van der Waals surface area contributed by atoms with E-state index in [-0.39, 0.29) is 53.0 Å². The predicted molar refractivity (Wildman–Crippen MR) is 152 cm³/mol. The number of nitro benzene ring substituents is 1. The summed E-state index contributed by atoms with van der Waals surface area (Å²) in [6, 6.07) is 3.55. The van der Waals surface area contributed by atoms with Crippen molar-refractivity contribution in [2.24, 2.45) is 33.7 Å². The zero-order valence-corrected chi connectivity index (χ0v) is 24.2. The van der Waals surface area contributed by atoms with E-state index in [0.29, 0.717) is 44.9 Å². The lowest BCUT2D eigenvalue weighted by atomic mass is 9.41. The molecule has 1 aromatic rings. The van der Waals surface area contributed by atoms with Gasteiger partial charge >= 0.3 is 5.97 Å². The number of nitro groups is 1. The number of nitrogens with one attached hydrogen (secondary N) is 1. The normalized spacial score (nSPS) is 41.0. The Morgan fingerprint density at radius 3 is 2.62 bits per heavy atom. The lowest BCUT2D eigenvalue weighted by Crippen LogP contribution is -2.68. The highest BCUT2D eigenvalue weighted by Gasteiger charge is 2.71. The molecule has 1 aromatic carbocycles. The fraction of sp³-hybridized carbons (Fsp3) is 0.633. The van der Waals surface area contributed by atoms with E-state index in [0.717, 1.165) is 18.1 Å². The number of carbonyl (C=O) groups excluding carboxylic acids is 2. The minimum Gasteiger partial charge on any atom is -0.458 e. The van der Waals surface area contributed by atoms with Crippen LogP contribution in [0.4, 0.5) is 5.69 Å². The van der Waals surface area contributed by atoms with E-state index in [1.165, 1.54) is 12.1 Å². The number of amides is 1. The molecule has 1 aliphatic heterocycles. The standard InChI is InChI=1S/C30H36ClN3O8/c1-27-8-5-22-23(30(27,39)11-7-21(27)17-12-25(36)42-15-17)6-10-29(38)14-19(35)4-9-28(22,29)16-32-33-26(37)20-3-2-18(34(40)41)13-24(20)31/h2-3,12-13,16,19,21-23,35,38-39H,4-11,14-15H2,1H3,(H,33,37). The summed E-state index contributed by atoms with van der Waals surface area (Å²) < 4.78 is 5.21. The maximum absolute atomic E-state index is 12.9. The van der Waals surface area contributed by atoms with E-state index in [1.807, 2.05) is 0 Å². The van der Waals surface area contributed by atoms with Gasteiger partial charge in [0.05, 0.1) is 32.8 Å². The molecule has 226 valence electrons. The molecule has 0 bridgehead atoms. The van der Waals surface area contributed by atoms with Gasteiger partial charge in [0, 0.05) is 41.7 Å². The third kappa shape index (κ3) is 4.23. The molecule has 4 aliphatic carbocycles. The lowest BCUT2D eigenvalue weighted by Gasteiger charge is -2.65. The first kappa shape index (κ1) is 29.2. The van der Waals surface area contributed by atoms with Crippen molar-refractivity contribution < 1.29 is 34.6 Å². The molecule has 42 heavy (non-hydrogen) atoms. The summed E-state index contributed by atoms with van der Waals surface area (Å²) in [6.45, 7) is 2.38. The van der Waals surface area contributed by atoms with Crippen LogP contribution in [0.5, 0.6) is 0 Å². The van der Waals surface area contributed by atoms with Gasteiger partial charge in [0.2, 0.25) is 0 Å². The molecule has 0 aromatic heterocycles. The van der Waals surface area contributed by atoms with Crippen LogP contribution in [0.25, 0.3) is 0 Å². The molecule has 5 aliphatic rings. The molecule has 4 N–H and O–H groups in total. The maximum atomic E-state index is 12.9. The van der Waals surface area contributed by atoms with Gasteiger partial charge in [-0.15, -0.1) is 0 Å². The number of nitrogens with zero attached hydrogens (tertiary/aromatic N) is 2. The number of hydrogen-bond donors (Lipinski definition) is 4. The average Bonchev–Trinajstić information content (AvgIpc) is 3.48. The van der Waals surface area contributed by atoms with Crippen LogP contribution in [0, 0.1) is 38.7 Å². The van der Waals surface area contributed by atoms with Crippen molar-refractivity contribution in [3.63, 3.8) is 0 Å². The van der Waals surface area contributed by atoms with Gasteiger partial charge in [0.25, 0.3) is 11.6 Å². The number of aliphatic hydroxyl groups excluding tert-OH is 1. The van der Waals surface area contributed by atoms with Gasteiger partial charge in [-0.3, -0.25) is 14.9 Å². The van der Waals surface area contributed by atoms with Crippen LogP contribution in [-0.2, 0) is 9.53 Å². The Morgan fingerprint density at radius 1 is 1.17 bits per heavy atom. The minimum atomic E-state index is -1.28. The van der Waals surface area contributed by atoms with E-state index in [9.17, 15) is 35.0 Å². The minimum absolute atomic E-state index is 0.0242. The van der Waals surface area contributed by atoms with Crippen LogP contribution in [0.1, 0.15) is 75.1 Å². The topological polar surface area (TPSA) is 172 Å². The molecule has 4 fully saturated rings. The van der Waals surface area contributed by atoms with Crippen LogP contribution in [0.15, 0.2) is 34.9 Å². The highest BCUT2D eigenvalue weighted by atomic mass is 35.5. The fourth-order valence-electron chi connectivity index (χ4n) is 9.43. The highest BCUT2D eigenvalue weighted by Crippen LogP contribution is 2.70. The number of hydrazone groups is 1. The number of hydrogen-bond acceptors (Lipinski definition) is 9. The Bertz CT molecular complexity index is 1400. The zero-order chi connectivity index (χ0) is 30.1. The number of cyclic esters (lactones) is 1. The summed E-state index contributed by atoms with van der Waals surface area (Å²) in [6.07, 6.45) is 7.23. The Balaban J connectivity index is 1.30. The van der Waals surface area contributed by atoms with Crippen LogP contribution in [0.2, 0.25) is 5.02 Å². The third-order valence-corrected chi connectivity index (χ3v) is 11.8. The Kier molecular flexibility index (Phi) is 7.03. The first-order chi connectivity index (χ1) is 19.8. The smallest absolute Gasteiger partial charge is 0.331 e. The van der Waals surface area contributed by atoms with Crippen molar-refractivity contribution in [1.82, 2.24) is 5.43 Å². The fourth-order valence-corrected chi connectivity index (χ4v) is 9.69. The number of benzene rings is 1. The molecule has 1 heterocycles. The van der Waals surface area contributed by atoms with Crippen LogP contribution in [-0.4, -0.2) is 62.2 Å². The summed E-state index contributed by atoms with van der Waals surface area (Å²) in [5.74, 6) is -1.27. The molecule has 11 nitrogen and oxygen atoms in total. The highest BCUT2D eigenvalue weighted by molar-refractivity contribution is 6.34. The number of ether oxygens (including phenoxy) is 1. The number of non-ortho nitro benzene ring substituents is 1. The van der Waals surface area contributed by atoms with Gasteiger partial charge in [-0.25, -0.2) is 10.2 Å². The number of fused-ring (bicyclic) bond motifs is 5. The lowest BCUT2D eigenvalue weighted by molar-refractivity contribution is -0.384. The monoisotopic (exact) mass is 601 g/mol. The van der Waals surface area contributed by atoms with E-state index in [1.54, 1.807) is 12.3 Å². The molecule has 8 atom stereocenters. The predicted octanol–water partition coefficient (Wildman–Crippen LogP) is 3.68. The summed E-state index contributed by atoms with van der Waals surface area (Å²) >= 11 is 6.14. The number of rotatable bonds is 5. The molecule has 4 saturated carbocycles.